The number of rotatable bonds is 6. The standard InChI is InChI=1S/C24H25N3O2/c1-27(19-8-3-2-4-9-19)20-10-11-21-17(14-20)6-5-7-18(21)15-26-23-16-25-13-12-22(23)24(28)29/h2-4,8-14,16,18,26H,5-7,15H2,1H3,(H,28,29)/t18-/m1/s1. The van der Waals surface area contributed by atoms with Gasteiger partial charge in [-0.3, -0.25) is 4.98 Å². The number of nitrogens with one attached hydrogen (secondary N) is 1. The van der Waals surface area contributed by atoms with Gasteiger partial charge >= 0.3 is 5.97 Å². The summed E-state index contributed by atoms with van der Waals surface area (Å²) in [6.45, 7) is 0.701. The molecule has 1 atom stereocenters. The second-order valence-electron chi connectivity index (χ2n) is 7.47. The largest absolute Gasteiger partial charge is 0.478 e. The van der Waals surface area contributed by atoms with Crippen molar-refractivity contribution in [1.82, 2.24) is 4.98 Å². The number of aryl methyl sites for hydroxylation is 1. The van der Waals surface area contributed by atoms with Crippen LogP contribution < -0.4 is 10.2 Å². The Labute approximate surface area is 171 Å². The minimum Gasteiger partial charge on any atom is -0.478 e. The second-order valence-corrected chi connectivity index (χ2v) is 7.47. The average Bonchev–Trinajstić information content (AvgIpc) is 2.77. The van der Waals surface area contributed by atoms with E-state index in [1.165, 1.54) is 34.8 Å². The lowest BCUT2D eigenvalue weighted by molar-refractivity contribution is 0.0698. The predicted octanol–water partition coefficient (Wildman–Crippen LogP) is 5.08. The SMILES string of the molecule is CN(c1ccccc1)c1ccc2c(c1)CCC[C@@H]2CNc1cnccc1C(=O)O. The second kappa shape index (κ2) is 8.35. The van der Waals surface area contributed by atoms with E-state index < -0.39 is 5.97 Å². The molecule has 1 aromatic heterocycles. The molecule has 0 saturated carbocycles. The van der Waals surface area contributed by atoms with Crippen molar-refractivity contribution in [3.8, 4) is 0 Å². The van der Waals surface area contributed by atoms with Crippen LogP contribution in [0.4, 0.5) is 17.1 Å². The van der Waals surface area contributed by atoms with Gasteiger partial charge in [-0.1, -0.05) is 24.3 Å². The van der Waals surface area contributed by atoms with Gasteiger partial charge in [0, 0.05) is 37.1 Å². The summed E-state index contributed by atoms with van der Waals surface area (Å²) in [5.41, 5.74) is 5.93. The molecule has 5 nitrogen and oxygen atoms in total. The molecule has 0 bridgehead atoms. The molecular formula is C24H25N3O2. The van der Waals surface area contributed by atoms with Crippen molar-refractivity contribution < 1.29 is 9.90 Å². The summed E-state index contributed by atoms with van der Waals surface area (Å²) < 4.78 is 0. The van der Waals surface area contributed by atoms with Crippen LogP contribution in [0.25, 0.3) is 0 Å². The van der Waals surface area contributed by atoms with E-state index in [2.05, 4.69) is 64.7 Å². The highest BCUT2D eigenvalue weighted by Crippen LogP contribution is 2.35. The van der Waals surface area contributed by atoms with E-state index in [0.29, 0.717) is 18.2 Å². The maximum absolute atomic E-state index is 11.4. The van der Waals surface area contributed by atoms with Crippen LogP contribution in [0.1, 0.15) is 40.2 Å². The number of nitrogens with zero attached hydrogens (tertiary/aromatic N) is 2. The van der Waals surface area contributed by atoms with Crippen molar-refractivity contribution in [1.29, 1.82) is 0 Å². The number of benzene rings is 2. The average molecular weight is 387 g/mol. The molecule has 2 aromatic carbocycles. The van der Waals surface area contributed by atoms with Gasteiger partial charge in [0.1, 0.15) is 0 Å². The maximum atomic E-state index is 11.4. The van der Waals surface area contributed by atoms with E-state index in [1.54, 1.807) is 6.20 Å². The molecular weight excluding hydrogens is 362 g/mol. The molecule has 2 N–H and O–H groups in total. The highest BCUT2D eigenvalue weighted by molar-refractivity contribution is 5.93. The van der Waals surface area contributed by atoms with Crippen LogP contribution in [0.2, 0.25) is 0 Å². The summed E-state index contributed by atoms with van der Waals surface area (Å²) in [4.78, 5) is 17.7. The summed E-state index contributed by atoms with van der Waals surface area (Å²) in [7, 11) is 2.09. The Hall–Kier alpha value is -3.34. The fourth-order valence-corrected chi connectivity index (χ4v) is 4.08. The minimum absolute atomic E-state index is 0.260. The third-order valence-electron chi connectivity index (χ3n) is 5.69. The molecule has 1 heterocycles. The Balaban J connectivity index is 1.53. The van der Waals surface area contributed by atoms with Crippen LogP contribution in [0.5, 0.6) is 0 Å². The molecule has 5 heteroatoms. The number of aromatic nitrogens is 1. The molecule has 0 fully saturated rings. The predicted molar refractivity (Wildman–Crippen MR) is 116 cm³/mol. The highest BCUT2D eigenvalue weighted by Gasteiger charge is 2.22. The third kappa shape index (κ3) is 4.09. The highest BCUT2D eigenvalue weighted by atomic mass is 16.4. The topological polar surface area (TPSA) is 65.5 Å². The van der Waals surface area contributed by atoms with Crippen LogP contribution in [0.15, 0.2) is 67.0 Å². The van der Waals surface area contributed by atoms with Gasteiger partial charge < -0.3 is 15.3 Å². The summed E-state index contributed by atoms with van der Waals surface area (Å²) in [6.07, 6.45) is 6.41. The van der Waals surface area contributed by atoms with Crippen molar-refractivity contribution >= 4 is 23.0 Å². The van der Waals surface area contributed by atoms with Crippen molar-refractivity contribution in [3.05, 3.63) is 83.7 Å². The summed E-state index contributed by atoms with van der Waals surface area (Å²) in [6, 6.07) is 18.6. The minimum atomic E-state index is -0.937. The molecule has 0 spiro atoms. The number of hydrogen-bond acceptors (Lipinski definition) is 4. The first-order chi connectivity index (χ1) is 14.1. The molecule has 0 amide bonds. The lowest BCUT2D eigenvalue weighted by atomic mass is 9.82. The summed E-state index contributed by atoms with van der Waals surface area (Å²) in [5.74, 6) is -0.579. The van der Waals surface area contributed by atoms with E-state index in [0.717, 1.165) is 19.3 Å². The number of anilines is 3. The molecule has 4 rings (SSSR count). The van der Waals surface area contributed by atoms with E-state index in [4.69, 9.17) is 0 Å². The smallest absolute Gasteiger partial charge is 0.337 e. The Kier molecular flexibility index (Phi) is 5.47. The molecule has 0 radical (unpaired) electrons. The summed E-state index contributed by atoms with van der Waals surface area (Å²) in [5, 5.41) is 12.7. The zero-order chi connectivity index (χ0) is 20.2. The number of fused-ring (bicyclic) bond motifs is 1. The van der Waals surface area contributed by atoms with Crippen LogP contribution in [0.3, 0.4) is 0 Å². The van der Waals surface area contributed by atoms with Crippen LogP contribution in [-0.4, -0.2) is 29.7 Å². The van der Waals surface area contributed by atoms with Crippen molar-refractivity contribution in [3.63, 3.8) is 0 Å². The zero-order valence-corrected chi connectivity index (χ0v) is 16.5. The van der Waals surface area contributed by atoms with Gasteiger partial charge in [-0.05, 0) is 60.7 Å². The van der Waals surface area contributed by atoms with Gasteiger partial charge in [-0.25, -0.2) is 4.79 Å². The number of carboxylic acid groups (broad SMARTS) is 1. The fraction of sp³-hybridized carbons (Fsp3) is 0.250. The quantitative estimate of drug-likeness (QED) is 0.617. The molecule has 0 unspecified atom stereocenters. The first-order valence-electron chi connectivity index (χ1n) is 9.96. The van der Waals surface area contributed by atoms with Crippen molar-refractivity contribution in [2.45, 2.75) is 25.2 Å². The van der Waals surface area contributed by atoms with Crippen LogP contribution in [-0.2, 0) is 6.42 Å². The Bertz CT molecular complexity index is 1000. The molecule has 148 valence electrons. The van der Waals surface area contributed by atoms with Gasteiger partial charge in [0.2, 0.25) is 0 Å². The van der Waals surface area contributed by atoms with E-state index in [9.17, 15) is 9.90 Å². The monoisotopic (exact) mass is 387 g/mol. The number of para-hydroxylation sites is 1. The van der Waals surface area contributed by atoms with Gasteiger partial charge in [0.15, 0.2) is 0 Å². The molecule has 0 saturated heterocycles. The van der Waals surface area contributed by atoms with Crippen LogP contribution >= 0.6 is 0 Å². The Morgan fingerprint density at radius 3 is 2.79 bits per heavy atom. The number of hydrogen-bond donors (Lipinski definition) is 2. The lowest BCUT2D eigenvalue weighted by Gasteiger charge is -2.28. The van der Waals surface area contributed by atoms with Gasteiger partial charge in [-0.2, -0.15) is 0 Å². The number of carboxylic acids is 1. The number of aromatic carboxylic acids is 1. The number of pyridine rings is 1. The van der Waals surface area contributed by atoms with E-state index in [-0.39, 0.29) is 5.56 Å². The van der Waals surface area contributed by atoms with Crippen LogP contribution in [0, 0.1) is 0 Å². The van der Waals surface area contributed by atoms with Gasteiger partial charge in [0.25, 0.3) is 0 Å². The Morgan fingerprint density at radius 1 is 1.17 bits per heavy atom. The molecule has 1 aliphatic rings. The van der Waals surface area contributed by atoms with E-state index >= 15 is 0 Å². The number of carbonyl (C=O) groups is 1. The van der Waals surface area contributed by atoms with Crippen molar-refractivity contribution in [2.24, 2.45) is 0 Å². The Morgan fingerprint density at radius 2 is 2.00 bits per heavy atom. The molecule has 1 aliphatic carbocycles. The molecule has 0 aliphatic heterocycles. The zero-order valence-electron chi connectivity index (χ0n) is 16.5. The normalized spacial score (nSPS) is 15.4. The fourth-order valence-electron chi connectivity index (χ4n) is 4.08. The molecule has 29 heavy (non-hydrogen) atoms. The first-order valence-corrected chi connectivity index (χ1v) is 9.96. The van der Waals surface area contributed by atoms with Crippen molar-refractivity contribution in [2.75, 3.05) is 23.8 Å². The first kappa shape index (κ1) is 19.0. The van der Waals surface area contributed by atoms with Gasteiger partial charge in [0.05, 0.1) is 17.4 Å². The van der Waals surface area contributed by atoms with E-state index in [1.807, 2.05) is 6.07 Å². The summed E-state index contributed by atoms with van der Waals surface area (Å²) >= 11 is 0. The lowest BCUT2D eigenvalue weighted by Crippen LogP contribution is -2.20. The van der Waals surface area contributed by atoms with Gasteiger partial charge in [-0.15, -0.1) is 0 Å². The maximum Gasteiger partial charge on any atom is 0.337 e. The molecule has 3 aromatic rings. The third-order valence-corrected chi connectivity index (χ3v) is 5.69.